The first-order valence-corrected chi connectivity index (χ1v) is 11.0. The molecule has 0 aliphatic carbocycles. The van der Waals surface area contributed by atoms with E-state index >= 15 is 0 Å². The Balaban J connectivity index is 1.71. The fourth-order valence-corrected chi connectivity index (χ4v) is 4.38. The summed E-state index contributed by atoms with van der Waals surface area (Å²) in [6, 6.07) is 22.6. The highest BCUT2D eigenvalue weighted by molar-refractivity contribution is 8.04. The molecular weight excluding hydrogens is 428 g/mol. The minimum atomic E-state index is -0.328. The van der Waals surface area contributed by atoms with Crippen molar-refractivity contribution in [2.24, 2.45) is 0 Å². The molecule has 1 heterocycles. The average molecular weight is 449 g/mol. The smallest absolute Gasteiger partial charge is 0.278 e. The average Bonchev–Trinajstić information content (AvgIpc) is 2.98. The number of anilines is 1. The van der Waals surface area contributed by atoms with Gasteiger partial charge < -0.3 is 5.32 Å². The van der Waals surface area contributed by atoms with Crippen LogP contribution in [0.5, 0.6) is 0 Å². The van der Waals surface area contributed by atoms with Gasteiger partial charge in [-0.25, -0.2) is 0 Å². The van der Waals surface area contributed by atoms with Gasteiger partial charge >= 0.3 is 0 Å². The molecule has 0 fully saturated rings. The number of nitrogens with one attached hydrogen (secondary N) is 1. The number of hydrogen-bond acceptors (Lipinski definition) is 4. The van der Waals surface area contributed by atoms with Gasteiger partial charge in [-0.1, -0.05) is 65.8 Å². The van der Waals surface area contributed by atoms with Crippen molar-refractivity contribution in [3.63, 3.8) is 0 Å². The third-order valence-electron chi connectivity index (χ3n) is 5.21. The van der Waals surface area contributed by atoms with Crippen LogP contribution in [-0.4, -0.2) is 16.7 Å². The lowest BCUT2D eigenvalue weighted by atomic mass is 10.1. The summed E-state index contributed by atoms with van der Waals surface area (Å²) in [5.74, 6) is -0.632. The second-order valence-corrected chi connectivity index (χ2v) is 8.83. The van der Waals surface area contributed by atoms with Gasteiger partial charge in [-0.3, -0.25) is 14.5 Å². The zero-order valence-electron chi connectivity index (χ0n) is 17.2. The minimum absolute atomic E-state index is 0.223. The van der Waals surface area contributed by atoms with Crippen LogP contribution in [-0.2, 0) is 16.1 Å². The molecule has 31 heavy (non-hydrogen) atoms. The molecule has 4 nitrogen and oxygen atoms in total. The molecule has 0 bridgehead atoms. The van der Waals surface area contributed by atoms with Crippen molar-refractivity contribution in [1.82, 2.24) is 4.90 Å². The number of benzene rings is 3. The van der Waals surface area contributed by atoms with Crippen molar-refractivity contribution < 1.29 is 9.59 Å². The molecule has 3 aromatic rings. The lowest BCUT2D eigenvalue weighted by Crippen LogP contribution is -2.32. The molecule has 0 unspecified atom stereocenters. The van der Waals surface area contributed by atoms with Gasteiger partial charge in [0.1, 0.15) is 10.6 Å². The summed E-state index contributed by atoms with van der Waals surface area (Å²) in [5.41, 5.74) is 4.15. The Kier molecular flexibility index (Phi) is 6.16. The van der Waals surface area contributed by atoms with Crippen LogP contribution in [0.1, 0.15) is 16.7 Å². The highest BCUT2D eigenvalue weighted by Crippen LogP contribution is 2.37. The lowest BCUT2D eigenvalue weighted by molar-refractivity contribution is -0.137. The Bertz CT molecular complexity index is 1170. The summed E-state index contributed by atoms with van der Waals surface area (Å²) in [6.07, 6.45) is 0. The van der Waals surface area contributed by atoms with Crippen molar-refractivity contribution in [1.29, 1.82) is 0 Å². The number of thioether (sulfide) groups is 1. The number of carbonyl (C=O) groups is 2. The van der Waals surface area contributed by atoms with Crippen LogP contribution >= 0.6 is 23.4 Å². The first-order chi connectivity index (χ1) is 14.9. The monoisotopic (exact) mass is 448 g/mol. The van der Waals surface area contributed by atoms with Gasteiger partial charge in [0.15, 0.2) is 0 Å². The van der Waals surface area contributed by atoms with Crippen LogP contribution in [0.4, 0.5) is 5.69 Å². The molecule has 0 atom stereocenters. The molecule has 0 saturated heterocycles. The molecule has 0 aromatic heterocycles. The third-order valence-corrected chi connectivity index (χ3v) is 6.55. The van der Waals surface area contributed by atoms with Gasteiger partial charge in [-0.15, -0.1) is 0 Å². The van der Waals surface area contributed by atoms with E-state index in [2.05, 4.69) is 5.32 Å². The Labute approximate surface area is 190 Å². The minimum Gasteiger partial charge on any atom is -0.350 e. The van der Waals surface area contributed by atoms with Gasteiger partial charge in [0, 0.05) is 15.6 Å². The summed E-state index contributed by atoms with van der Waals surface area (Å²) in [6.45, 7) is 4.23. The summed E-state index contributed by atoms with van der Waals surface area (Å²) in [7, 11) is 0. The number of rotatable bonds is 6. The molecule has 1 N–H and O–H groups in total. The van der Waals surface area contributed by atoms with Crippen LogP contribution in [0.2, 0.25) is 5.02 Å². The largest absolute Gasteiger partial charge is 0.350 e. The van der Waals surface area contributed by atoms with Crippen molar-refractivity contribution in [3.8, 4) is 0 Å². The summed E-state index contributed by atoms with van der Waals surface area (Å²) in [5, 5.41) is 3.87. The van der Waals surface area contributed by atoms with Crippen LogP contribution in [0.3, 0.4) is 0 Å². The number of halogens is 1. The van der Waals surface area contributed by atoms with Crippen molar-refractivity contribution in [3.05, 3.63) is 105 Å². The summed E-state index contributed by atoms with van der Waals surface area (Å²) in [4.78, 5) is 29.1. The molecule has 0 saturated carbocycles. The molecule has 3 aromatic carbocycles. The van der Waals surface area contributed by atoms with E-state index in [0.29, 0.717) is 15.6 Å². The van der Waals surface area contributed by atoms with E-state index < -0.39 is 0 Å². The molecule has 6 heteroatoms. The van der Waals surface area contributed by atoms with Gasteiger partial charge in [-0.2, -0.15) is 0 Å². The van der Waals surface area contributed by atoms with E-state index in [0.717, 1.165) is 27.3 Å². The zero-order chi connectivity index (χ0) is 22.0. The van der Waals surface area contributed by atoms with Crippen LogP contribution < -0.4 is 5.32 Å². The number of carbonyl (C=O) groups excluding carboxylic acids is 2. The Hall–Kier alpha value is -3.02. The van der Waals surface area contributed by atoms with E-state index in [1.54, 1.807) is 12.1 Å². The van der Waals surface area contributed by atoms with Crippen molar-refractivity contribution in [2.45, 2.75) is 25.3 Å². The predicted octanol–water partition coefficient (Wildman–Crippen LogP) is 5.94. The van der Waals surface area contributed by atoms with Crippen LogP contribution in [0, 0.1) is 13.8 Å². The predicted molar refractivity (Wildman–Crippen MR) is 126 cm³/mol. The second kappa shape index (κ2) is 9.00. The van der Waals surface area contributed by atoms with Gasteiger partial charge in [-0.05, 0) is 60.9 Å². The topological polar surface area (TPSA) is 49.4 Å². The Morgan fingerprint density at radius 1 is 0.871 bits per heavy atom. The van der Waals surface area contributed by atoms with Crippen LogP contribution in [0.15, 0.2) is 88.3 Å². The molecule has 0 spiro atoms. The van der Waals surface area contributed by atoms with Gasteiger partial charge in [0.25, 0.3) is 11.8 Å². The lowest BCUT2D eigenvalue weighted by Gasteiger charge is -2.16. The maximum atomic E-state index is 13.3. The molecule has 2 amide bonds. The second-order valence-electron chi connectivity index (χ2n) is 7.31. The number of imide groups is 1. The third kappa shape index (κ3) is 4.53. The molecule has 1 aliphatic rings. The van der Waals surface area contributed by atoms with E-state index in [9.17, 15) is 9.59 Å². The standard InChI is InChI=1S/C25H21ClN2O2S/c1-16-7-6-10-21(17(16)2)27-22-23(31-20-13-11-19(26)12-14-20)25(30)28(24(22)29)15-18-8-4-3-5-9-18/h3-14,27H,15H2,1-2H3. The SMILES string of the molecule is Cc1cccc(NC2=C(Sc3ccc(Cl)cc3)C(=O)N(Cc3ccccc3)C2=O)c1C. The Morgan fingerprint density at radius 3 is 2.29 bits per heavy atom. The first kappa shape index (κ1) is 21.2. The number of nitrogens with zero attached hydrogens (tertiary/aromatic N) is 1. The highest BCUT2D eigenvalue weighted by Gasteiger charge is 2.39. The van der Waals surface area contributed by atoms with Gasteiger partial charge in [0.05, 0.1) is 6.54 Å². The molecule has 0 radical (unpaired) electrons. The van der Waals surface area contributed by atoms with E-state index in [1.807, 2.05) is 74.5 Å². The van der Waals surface area contributed by atoms with E-state index in [-0.39, 0.29) is 18.4 Å². The van der Waals surface area contributed by atoms with Crippen LogP contribution in [0.25, 0.3) is 0 Å². The molecule has 4 rings (SSSR count). The molecule has 156 valence electrons. The number of amides is 2. The Morgan fingerprint density at radius 2 is 1.58 bits per heavy atom. The fraction of sp³-hybridized carbons (Fsp3) is 0.120. The maximum absolute atomic E-state index is 13.3. The summed E-state index contributed by atoms with van der Waals surface area (Å²) < 4.78 is 0. The first-order valence-electron chi connectivity index (χ1n) is 9.85. The normalized spacial score (nSPS) is 13.8. The quantitative estimate of drug-likeness (QED) is 0.474. The van der Waals surface area contributed by atoms with Crippen molar-refractivity contribution in [2.75, 3.05) is 5.32 Å². The zero-order valence-corrected chi connectivity index (χ0v) is 18.8. The fourth-order valence-electron chi connectivity index (χ4n) is 3.31. The van der Waals surface area contributed by atoms with E-state index in [4.69, 9.17) is 11.6 Å². The molecular formula is C25H21ClN2O2S. The maximum Gasteiger partial charge on any atom is 0.278 e. The molecule has 1 aliphatic heterocycles. The van der Waals surface area contributed by atoms with Gasteiger partial charge in [0.2, 0.25) is 0 Å². The van der Waals surface area contributed by atoms with Crippen molar-refractivity contribution >= 4 is 40.9 Å². The number of aryl methyl sites for hydroxylation is 1. The van der Waals surface area contributed by atoms with E-state index in [1.165, 1.54) is 16.7 Å². The number of hydrogen-bond donors (Lipinski definition) is 1. The highest BCUT2D eigenvalue weighted by atomic mass is 35.5. The summed E-state index contributed by atoms with van der Waals surface area (Å²) >= 11 is 7.27.